The Kier molecular flexibility index (Phi) is 8.17. The van der Waals surface area contributed by atoms with Crippen molar-refractivity contribution in [1.29, 1.82) is 0 Å². The molecule has 2 heterocycles. The van der Waals surface area contributed by atoms with Gasteiger partial charge in [-0.2, -0.15) is 0 Å². The molecule has 0 unspecified atom stereocenters. The fraction of sp³-hybridized carbons (Fsp3) is 0. The van der Waals surface area contributed by atoms with Crippen LogP contribution in [0.25, 0.3) is 122 Å². The van der Waals surface area contributed by atoms with Crippen molar-refractivity contribution in [3.63, 3.8) is 0 Å². The van der Waals surface area contributed by atoms with Gasteiger partial charge < -0.3 is 4.42 Å². The molecule has 0 aliphatic heterocycles. The largest absolute Gasteiger partial charge is 0.456 e. The monoisotopic (exact) mass is 776 g/mol. The van der Waals surface area contributed by atoms with Gasteiger partial charge in [0.15, 0.2) is 5.82 Å². The highest BCUT2D eigenvalue weighted by molar-refractivity contribution is 6.29. The maximum atomic E-state index is 6.36. The molecule has 61 heavy (non-hydrogen) atoms. The Hall–Kier alpha value is -8.14. The van der Waals surface area contributed by atoms with Crippen LogP contribution in [-0.4, -0.2) is 9.97 Å². The first-order chi connectivity index (χ1) is 30.2. The maximum absolute atomic E-state index is 6.36. The van der Waals surface area contributed by atoms with E-state index in [2.05, 4.69) is 182 Å². The molecule has 0 saturated carbocycles. The Balaban J connectivity index is 0.988. The van der Waals surface area contributed by atoms with Crippen molar-refractivity contribution in [3.05, 3.63) is 218 Å². The zero-order chi connectivity index (χ0) is 40.3. The Labute approximate surface area is 352 Å². The van der Waals surface area contributed by atoms with E-state index in [1.54, 1.807) is 0 Å². The molecule has 284 valence electrons. The lowest BCUT2D eigenvalue weighted by atomic mass is 9.88. The maximum Gasteiger partial charge on any atom is 0.160 e. The summed E-state index contributed by atoms with van der Waals surface area (Å²) in [5.41, 5.74) is 13.6. The molecule has 10 aromatic carbocycles. The van der Waals surface area contributed by atoms with Crippen molar-refractivity contribution in [1.82, 2.24) is 9.97 Å². The summed E-state index contributed by atoms with van der Waals surface area (Å²) in [5, 5.41) is 9.67. The second-order valence-electron chi connectivity index (χ2n) is 15.7. The lowest BCUT2D eigenvalue weighted by Crippen LogP contribution is -1.96. The van der Waals surface area contributed by atoms with Gasteiger partial charge in [0, 0.05) is 27.5 Å². The summed E-state index contributed by atoms with van der Waals surface area (Å²) < 4.78 is 6.36. The van der Waals surface area contributed by atoms with E-state index >= 15 is 0 Å². The number of aromatic nitrogens is 2. The van der Waals surface area contributed by atoms with Crippen LogP contribution in [0.2, 0.25) is 0 Å². The van der Waals surface area contributed by atoms with Crippen molar-refractivity contribution >= 4 is 54.3 Å². The van der Waals surface area contributed by atoms with Gasteiger partial charge in [-0.15, -0.1) is 0 Å². The molecule has 0 aliphatic carbocycles. The Morgan fingerprint density at radius 1 is 0.262 bits per heavy atom. The third kappa shape index (κ3) is 6.06. The summed E-state index contributed by atoms with van der Waals surface area (Å²) in [7, 11) is 0. The smallest absolute Gasteiger partial charge is 0.160 e. The van der Waals surface area contributed by atoms with Crippen molar-refractivity contribution in [2.45, 2.75) is 0 Å². The number of benzene rings is 10. The average Bonchev–Trinajstić information content (AvgIpc) is 3.72. The fourth-order valence-electron chi connectivity index (χ4n) is 9.10. The van der Waals surface area contributed by atoms with Crippen molar-refractivity contribution < 1.29 is 4.42 Å². The van der Waals surface area contributed by atoms with Crippen molar-refractivity contribution in [3.8, 4) is 67.3 Å². The Morgan fingerprint density at radius 2 is 0.770 bits per heavy atom. The van der Waals surface area contributed by atoms with E-state index in [0.29, 0.717) is 5.82 Å². The number of rotatable bonds is 6. The van der Waals surface area contributed by atoms with Gasteiger partial charge in [-0.1, -0.05) is 182 Å². The first kappa shape index (κ1) is 34.9. The SMILES string of the molecule is c1ccc(-c2ccc(-c3cc(-c4cccc(-c5ccc6c(c5)c5ccccc5c5cccc(-c7ccc8c(c7)oc7ccccc78)c56)c4)nc(-c4ccccc4)n3)cc2)cc1. The predicted molar refractivity (Wildman–Crippen MR) is 254 cm³/mol. The molecule has 2 aromatic heterocycles. The van der Waals surface area contributed by atoms with E-state index < -0.39 is 0 Å². The van der Waals surface area contributed by atoms with E-state index in [4.69, 9.17) is 14.4 Å². The number of fused-ring (bicyclic) bond motifs is 9. The number of furan rings is 1. The third-order valence-electron chi connectivity index (χ3n) is 12.1. The molecule has 0 fully saturated rings. The van der Waals surface area contributed by atoms with Crippen LogP contribution in [0.4, 0.5) is 0 Å². The molecule has 3 heteroatoms. The molecule has 0 amide bonds. The van der Waals surface area contributed by atoms with Gasteiger partial charge in [-0.3, -0.25) is 0 Å². The molecule has 0 N–H and O–H groups in total. The van der Waals surface area contributed by atoms with Crippen LogP contribution in [-0.2, 0) is 0 Å². The van der Waals surface area contributed by atoms with Crippen LogP contribution in [0.5, 0.6) is 0 Å². The summed E-state index contributed by atoms with van der Waals surface area (Å²) in [6.07, 6.45) is 0. The number of para-hydroxylation sites is 1. The Bertz CT molecular complexity index is 3630. The summed E-state index contributed by atoms with van der Waals surface area (Å²) in [6, 6.07) is 77.6. The van der Waals surface area contributed by atoms with Crippen LogP contribution in [0.15, 0.2) is 223 Å². The normalized spacial score (nSPS) is 11.6. The lowest BCUT2D eigenvalue weighted by Gasteiger charge is -2.16. The molecule has 0 aliphatic rings. The van der Waals surface area contributed by atoms with Gasteiger partial charge in [0.05, 0.1) is 11.4 Å². The molecule has 0 radical (unpaired) electrons. The number of hydrogen-bond donors (Lipinski definition) is 0. The predicted octanol–water partition coefficient (Wildman–Crippen LogP) is 15.8. The number of hydrogen-bond acceptors (Lipinski definition) is 3. The van der Waals surface area contributed by atoms with Crippen molar-refractivity contribution in [2.75, 3.05) is 0 Å². The van der Waals surface area contributed by atoms with Crippen LogP contribution in [0.1, 0.15) is 0 Å². The van der Waals surface area contributed by atoms with Crippen LogP contribution in [0.3, 0.4) is 0 Å². The molecule has 12 rings (SSSR count). The standard InChI is InChI=1S/C58H36N2O/c1-3-13-37(14-4-1)38-25-27-39(28-26-38)53-36-54(60-58(59-53)40-15-5-2-6-16-40)44-18-11-17-41(33-44)42-29-32-51-52(34-42)47-20-8-7-19-46(47)50-23-12-22-45(57(50)51)43-30-31-49-48-21-9-10-24-55(48)61-56(49)35-43/h1-36H. The van der Waals surface area contributed by atoms with Crippen LogP contribution < -0.4 is 0 Å². The topological polar surface area (TPSA) is 38.9 Å². The molecule has 0 bridgehead atoms. The summed E-state index contributed by atoms with van der Waals surface area (Å²) in [5.74, 6) is 0.699. The first-order valence-corrected chi connectivity index (χ1v) is 20.7. The minimum Gasteiger partial charge on any atom is -0.456 e. The average molecular weight is 777 g/mol. The van der Waals surface area contributed by atoms with E-state index in [1.165, 1.54) is 49.0 Å². The zero-order valence-electron chi connectivity index (χ0n) is 33.1. The minimum atomic E-state index is 0.699. The highest BCUT2D eigenvalue weighted by Gasteiger charge is 2.17. The van der Waals surface area contributed by atoms with E-state index in [1.807, 2.05) is 36.4 Å². The lowest BCUT2D eigenvalue weighted by molar-refractivity contribution is 0.669. The summed E-state index contributed by atoms with van der Waals surface area (Å²) in [4.78, 5) is 10.3. The summed E-state index contributed by atoms with van der Waals surface area (Å²) in [6.45, 7) is 0. The van der Waals surface area contributed by atoms with Crippen molar-refractivity contribution in [2.24, 2.45) is 0 Å². The van der Waals surface area contributed by atoms with Gasteiger partial charge >= 0.3 is 0 Å². The molecule has 0 saturated heterocycles. The molecular weight excluding hydrogens is 741 g/mol. The molecule has 0 spiro atoms. The van der Waals surface area contributed by atoms with Gasteiger partial charge in [0.1, 0.15) is 11.2 Å². The van der Waals surface area contributed by atoms with E-state index in [0.717, 1.165) is 66.7 Å². The highest BCUT2D eigenvalue weighted by Crippen LogP contribution is 2.43. The zero-order valence-corrected chi connectivity index (χ0v) is 33.1. The first-order valence-electron chi connectivity index (χ1n) is 20.7. The number of nitrogens with zero attached hydrogens (tertiary/aromatic N) is 2. The molecular formula is C58H36N2O. The van der Waals surface area contributed by atoms with E-state index in [9.17, 15) is 0 Å². The second kappa shape index (κ2) is 14.3. The fourth-order valence-corrected chi connectivity index (χ4v) is 9.10. The highest BCUT2D eigenvalue weighted by atomic mass is 16.3. The quantitative estimate of drug-likeness (QED) is 0.158. The van der Waals surface area contributed by atoms with Gasteiger partial charge in [0.2, 0.25) is 0 Å². The van der Waals surface area contributed by atoms with Crippen LogP contribution in [0, 0.1) is 0 Å². The van der Waals surface area contributed by atoms with E-state index in [-0.39, 0.29) is 0 Å². The second-order valence-corrected chi connectivity index (χ2v) is 15.7. The van der Waals surface area contributed by atoms with Gasteiger partial charge in [0.25, 0.3) is 0 Å². The molecule has 3 nitrogen and oxygen atoms in total. The molecule has 0 atom stereocenters. The van der Waals surface area contributed by atoms with Gasteiger partial charge in [-0.05, 0) is 102 Å². The molecule has 12 aromatic rings. The Morgan fingerprint density at radius 3 is 1.57 bits per heavy atom. The van der Waals surface area contributed by atoms with Crippen LogP contribution >= 0.6 is 0 Å². The summed E-state index contributed by atoms with van der Waals surface area (Å²) >= 11 is 0. The van der Waals surface area contributed by atoms with Gasteiger partial charge in [-0.25, -0.2) is 9.97 Å². The minimum absolute atomic E-state index is 0.699. The third-order valence-corrected chi connectivity index (χ3v) is 12.1.